The molecule has 4 aromatic rings. The summed E-state index contributed by atoms with van der Waals surface area (Å²) in [7, 11) is 1.66. The summed E-state index contributed by atoms with van der Waals surface area (Å²) in [6.07, 6.45) is 6.07. The third kappa shape index (κ3) is 9.87. The number of benzene rings is 4. The summed E-state index contributed by atoms with van der Waals surface area (Å²) in [5.41, 5.74) is 18.8. The molecule has 2 aliphatic rings. The molecule has 0 bridgehead atoms. The number of halogens is 1. The zero-order valence-corrected chi connectivity index (χ0v) is 32.9. The largest absolute Gasteiger partial charge is 0.350 e. The number of allylic oxidation sites excluding steroid dienone is 1. The summed E-state index contributed by atoms with van der Waals surface area (Å²) >= 11 is 8.84. The van der Waals surface area contributed by atoms with Crippen LogP contribution in [0.4, 0.5) is 0 Å². The molecule has 4 aromatic carbocycles. The third-order valence-electron chi connectivity index (χ3n) is 10.5. The molecule has 9 nitrogen and oxygen atoms in total. The Kier molecular flexibility index (Phi) is 14.2. The van der Waals surface area contributed by atoms with Gasteiger partial charge in [-0.15, -0.1) is 0 Å². The van der Waals surface area contributed by atoms with Gasteiger partial charge in [0.15, 0.2) is 0 Å². The molecule has 0 unspecified atom stereocenters. The standard InChI is InChI=1S/C44H51ClN6O3S/c1-51-38(26-31-21-20-30-14-5-7-16-34(30)31)43(53)49-28-33-22-23-35(29-12-3-2-4-13-29)40(45)41(33)55-39-19-8-6-15-32(39)27-48-36(18-11-25-47)42(52)50-37(44(51)54)17-9-10-24-46/h2-8,12-16,19,21-23,36-38,48H,9-11,17-18,20,24-28,46-47H2,1H3,(H,49,53)(H,50,52)/t36-,37-,38-/m0/s1. The highest BCUT2D eigenvalue weighted by molar-refractivity contribution is 7.99. The molecule has 6 rings (SSSR count). The molecule has 7 N–H and O–H groups in total. The molecule has 1 aliphatic carbocycles. The molecule has 3 amide bonds. The van der Waals surface area contributed by atoms with E-state index < -0.39 is 18.1 Å². The van der Waals surface area contributed by atoms with E-state index in [9.17, 15) is 14.4 Å². The van der Waals surface area contributed by atoms with Crippen LogP contribution in [0.5, 0.6) is 0 Å². The lowest BCUT2D eigenvalue weighted by molar-refractivity contribution is -0.142. The van der Waals surface area contributed by atoms with Crippen LogP contribution in [0.15, 0.2) is 107 Å². The lowest BCUT2D eigenvalue weighted by Gasteiger charge is -2.32. The zero-order chi connectivity index (χ0) is 38.7. The predicted molar refractivity (Wildman–Crippen MR) is 222 cm³/mol. The second kappa shape index (κ2) is 19.4. The molecule has 0 fully saturated rings. The number of carbonyl (C=O) groups excluding carboxylic acids is 3. The van der Waals surface area contributed by atoms with Gasteiger partial charge in [0.05, 0.1) is 11.1 Å². The van der Waals surface area contributed by atoms with Crippen molar-refractivity contribution in [3.8, 4) is 11.1 Å². The van der Waals surface area contributed by atoms with Crippen molar-refractivity contribution in [3.63, 3.8) is 0 Å². The van der Waals surface area contributed by atoms with Crippen molar-refractivity contribution in [3.05, 3.63) is 124 Å². The number of nitrogens with one attached hydrogen (secondary N) is 3. The van der Waals surface area contributed by atoms with Crippen molar-refractivity contribution in [1.29, 1.82) is 0 Å². The SMILES string of the molecule is CN1C(=O)[C@H](CCCCN)NC(=O)[C@H](CCCN)NCc2ccccc2Sc2c(ccc(-c3ccccc3)c2Cl)CNC(=O)[C@@H]1CC1=CCc2ccccc21. The number of rotatable bonds is 10. The maximum Gasteiger partial charge on any atom is 0.245 e. The number of nitrogens with zero attached hydrogens (tertiary/aromatic N) is 1. The number of amides is 3. The van der Waals surface area contributed by atoms with E-state index in [1.807, 2.05) is 78.9 Å². The quantitative estimate of drug-likeness (QED) is 0.117. The van der Waals surface area contributed by atoms with Gasteiger partial charge in [-0.2, -0.15) is 0 Å². The second-order valence-electron chi connectivity index (χ2n) is 14.2. The molecule has 55 heavy (non-hydrogen) atoms. The Balaban J connectivity index is 1.42. The fraction of sp³-hybridized carbons (Fsp3) is 0.341. The van der Waals surface area contributed by atoms with Crippen LogP contribution in [0.3, 0.4) is 0 Å². The predicted octanol–water partition coefficient (Wildman–Crippen LogP) is 6.46. The van der Waals surface area contributed by atoms with Gasteiger partial charge in [-0.3, -0.25) is 14.4 Å². The molecule has 11 heteroatoms. The summed E-state index contributed by atoms with van der Waals surface area (Å²) in [5.74, 6) is -0.896. The second-order valence-corrected chi connectivity index (χ2v) is 15.6. The number of hydrogen-bond donors (Lipinski definition) is 5. The van der Waals surface area contributed by atoms with Crippen LogP contribution >= 0.6 is 23.4 Å². The average Bonchev–Trinajstić information content (AvgIpc) is 3.62. The molecular formula is C44H51ClN6O3S. The van der Waals surface area contributed by atoms with E-state index in [1.165, 1.54) is 10.5 Å². The van der Waals surface area contributed by atoms with Crippen molar-refractivity contribution in [2.24, 2.45) is 11.5 Å². The number of carbonyl (C=O) groups is 3. The maximum absolute atomic E-state index is 14.5. The number of fused-ring (bicyclic) bond motifs is 3. The monoisotopic (exact) mass is 778 g/mol. The first-order valence-corrected chi connectivity index (χ1v) is 20.4. The van der Waals surface area contributed by atoms with Crippen molar-refractivity contribution in [2.75, 3.05) is 20.1 Å². The summed E-state index contributed by atoms with van der Waals surface area (Å²) < 4.78 is 0. The molecule has 1 heterocycles. The first-order valence-electron chi connectivity index (χ1n) is 19.2. The van der Waals surface area contributed by atoms with Crippen LogP contribution in [0.2, 0.25) is 5.02 Å². The minimum Gasteiger partial charge on any atom is -0.350 e. The highest BCUT2D eigenvalue weighted by Crippen LogP contribution is 2.43. The first-order chi connectivity index (χ1) is 26.8. The molecule has 0 radical (unpaired) electrons. The summed E-state index contributed by atoms with van der Waals surface area (Å²) in [6, 6.07) is 27.9. The van der Waals surface area contributed by atoms with Crippen LogP contribution in [-0.4, -0.2) is 60.9 Å². The zero-order valence-electron chi connectivity index (χ0n) is 31.4. The van der Waals surface area contributed by atoms with Gasteiger partial charge in [0.2, 0.25) is 17.7 Å². The van der Waals surface area contributed by atoms with E-state index in [1.54, 1.807) is 18.8 Å². The number of unbranched alkanes of at least 4 members (excludes halogenated alkanes) is 1. The average molecular weight is 779 g/mol. The Bertz CT molecular complexity index is 2010. The van der Waals surface area contributed by atoms with Gasteiger partial charge in [0.25, 0.3) is 0 Å². The van der Waals surface area contributed by atoms with Gasteiger partial charge in [-0.1, -0.05) is 114 Å². The maximum atomic E-state index is 14.5. The fourth-order valence-electron chi connectivity index (χ4n) is 7.31. The highest BCUT2D eigenvalue weighted by atomic mass is 35.5. The van der Waals surface area contributed by atoms with Gasteiger partial charge < -0.3 is 32.3 Å². The van der Waals surface area contributed by atoms with Crippen molar-refractivity contribution in [2.45, 2.75) is 86.0 Å². The highest BCUT2D eigenvalue weighted by Gasteiger charge is 2.35. The Hall–Kier alpha value is -4.45. The van der Waals surface area contributed by atoms with Crippen LogP contribution in [0.25, 0.3) is 16.7 Å². The van der Waals surface area contributed by atoms with E-state index in [0.29, 0.717) is 63.2 Å². The topological polar surface area (TPSA) is 143 Å². The Morgan fingerprint density at radius 2 is 1.45 bits per heavy atom. The molecule has 1 aliphatic heterocycles. The molecule has 3 atom stereocenters. The van der Waals surface area contributed by atoms with Crippen LogP contribution in [-0.2, 0) is 33.9 Å². The fourth-order valence-corrected chi connectivity index (χ4v) is 8.83. The van der Waals surface area contributed by atoms with Crippen LogP contribution < -0.4 is 27.4 Å². The molecule has 0 aromatic heterocycles. The van der Waals surface area contributed by atoms with E-state index in [-0.39, 0.29) is 24.3 Å². The number of nitrogens with two attached hydrogens (primary N) is 2. The lowest BCUT2D eigenvalue weighted by Crippen LogP contribution is -2.56. The van der Waals surface area contributed by atoms with E-state index in [4.69, 9.17) is 23.1 Å². The van der Waals surface area contributed by atoms with Crippen LogP contribution in [0.1, 0.15) is 60.8 Å². The smallest absolute Gasteiger partial charge is 0.245 e. The van der Waals surface area contributed by atoms with E-state index in [0.717, 1.165) is 49.6 Å². The summed E-state index contributed by atoms with van der Waals surface area (Å²) in [6.45, 7) is 1.49. The molecule has 0 saturated heterocycles. The van der Waals surface area contributed by atoms with Crippen molar-refractivity contribution >= 4 is 46.7 Å². The Morgan fingerprint density at radius 1 is 0.745 bits per heavy atom. The molecule has 288 valence electrons. The number of likely N-dealkylation sites (N-methyl/N-ethyl adjacent to an activating group) is 1. The first kappa shape index (κ1) is 40.2. The van der Waals surface area contributed by atoms with Gasteiger partial charge in [0.1, 0.15) is 12.1 Å². The van der Waals surface area contributed by atoms with Gasteiger partial charge in [0, 0.05) is 41.9 Å². The van der Waals surface area contributed by atoms with E-state index in [2.05, 4.69) is 34.2 Å². The number of hydrogen-bond acceptors (Lipinski definition) is 7. The lowest BCUT2D eigenvalue weighted by atomic mass is 9.97. The molecular weight excluding hydrogens is 728 g/mol. The summed E-state index contributed by atoms with van der Waals surface area (Å²) in [5, 5.41) is 10.3. The Labute approximate surface area is 333 Å². The minimum absolute atomic E-state index is 0.197. The van der Waals surface area contributed by atoms with E-state index >= 15 is 0 Å². The van der Waals surface area contributed by atoms with Gasteiger partial charge in [-0.25, -0.2) is 0 Å². The molecule has 0 spiro atoms. The third-order valence-corrected chi connectivity index (χ3v) is 12.3. The summed E-state index contributed by atoms with van der Waals surface area (Å²) in [4.78, 5) is 46.4. The normalized spacial score (nSPS) is 19.4. The van der Waals surface area contributed by atoms with Gasteiger partial charge >= 0.3 is 0 Å². The van der Waals surface area contributed by atoms with Crippen molar-refractivity contribution < 1.29 is 14.4 Å². The molecule has 0 saturated carbocycles. The Morgan fingerprint density at radius 3 is 2.24 bits per heavy atom. The minimum atomic E-state index is -0.850. The van der Waals surface area contributed by atoms with Gasteiger partial charge in [-0.05, 0) is 91.1 Å². The van der Waals surface area contributed by atoms with Crippen molar-refractivity contribution in [1.82, 2.24) is 20.9 Å². The van der Waals surface area contributed by atoms with Crippen LogP contribution in [0, 0.1) is 0 Å².